The molecule has 34 heavy (non-hydrogen) atoms. The van der Waals surface area contributed by atoms with E-state index in [1.807, 2.05) is 35.2 Å². The minimum absolute atomic E-state index is 0.0264. The molecule has 2 aromatic carbocycles. The van der Waals surface area contributed by atoms with Crippen LogP contribution in [0.1, 0.15) is 43.7 Å². The summed E-state index contributed by atoms with van der Waals surface area (Å²) >= 11 is 5.42. The lowest BCUT2D eigenvalue weighted by Gasteiger charge is -2.16. The van der Waals surface area contributed by atoms with Crippen LogP contribution in [0.25, 0.3) is 6.08 Å². The average molecular weight is 480 g/mol. The highest BCUT2D eigenvalue weighted by molar-refractivity contribution is 7.80. The third-order valence-corrected chi connectivity index (χ3v) is 6.29. The molecule has 0 radical (unpaired) electrons. The number of hydrogen-bond acceptors (Lipinski definition) is 5. The zero-order valence-corrected chi connectivity index (χ0v) is 20.5. The largest absolute Gasteiger partial charge is 0.493 e. The summed E-state index contributed by atoms with van der Waals surface area (Å²) in [6.07, 6.45) is 3.80. The minimum Gasteiger partial charge on any atom is -0.493 e. The van der Waals surface area contributed by atoms with E-state index in [-0.39, 0.29) is 18.4 Å². The van der Waals surface area contributed by atoms with Gasteiger partial charge in [0.1, 0.15) is 5.70 Å². The minimum atomic E-state index is -0.224. The van der Waals surface area contributed by atoms with E-state index < -0.39 is 0 Å². The Bertz CT molecular complexity index is 1120. The maximum Gasteiger partial charge on any atom is 0.281 e. The summed E-state index contributed by atoms with van der Waals surface area (Å²) in [5.41, 5.74) is 3.03. The Kier molecular flexibility index (Phi) is 7.17. The number of amides is 2. The first kappa shape index (κ1) is 23.8. The highest BCUT2D eigenvalue weighted by Gasteiger charge is 2.32. The molecule has 0 unspecified atom stereocenters. The van der Waals surface area contributed by atoms with Crippen LogP contribution >= 0.6 is 12.2 Å². The molecule has 0 bridgehead atoms. The summed E-state index contributed by atoms with van der Waals surface area (Å²) in [6, 6.07) is 13.1. The number of anilines is 1. The monoisotopic (exact) mass is 479 g/mol. The topological polar surface area (TPSA) is 71.1 Å². The van der Waals surface area contributed by atoms with E-state index in [4.69, 9.17) is 21.7 Å². The molecular weight excluding hydrogens is 450 g/mol. The zero-order valence-electron chi connectivity index (χ0n) is 19.7. The molecule has 0 aromatic heterocycles. The fraction of sp³-hybridized carbons (Fsp3) is 0.346. The highest BCUT2D eigenvalue weighted by atomic mass is 32.1. The van der Waals surface area contributed by atoms with Crippen molar-refractivity contribution in [3.63, 3.8) is 0 Å². The number of nitrogens with zero attached hydrogens (tertiary/aromatic N) is 2. The van der Waals surface area contributed by atoms with Crippen LogP contribution in [0.15, 0.2) is 48.2 Å². The first-order valence-corrected chi connectivity index (χ1v) is 11.8. The van der Waals surface area contributed by atoms with Crippen molar-refractivity contribution in [1.82, 2.24) is 10.2 Å². The Morgan fingerprint density at radius 3 is 2.47 bits per heavy atom. The van der Waals surface area contributed by atoms with Crippen molar-refractivity contribution >= 4 is 40.9 Å². The Labute approximate surface area is 205 Å². The van der Waals surface area contributed by atoms with E-state index in [1.54, 1.807) is 18.2 Å². The fourth-order valence-corrected chi connectivity index (χ4v) is 4.33. The Balaban J connectivity index is 1.48. The summed E-state index contributed by atoms with van der Waals surface area (Å²) in [6.45, 7) is 5.79. The quantitative estimate of drug-likeness (QED) is 0.477. The van der Waals surface area contributed by atoms with E-state index in [1.165, 1.54) is 17.6 Å². The number of ether oxygens (including phenoxy) is 2. The van der Waals surface area contributed by atoms with Crippen LogP contribution in [-0.4, -0.2) is 48.6 Å². The molecule has 8 heteroatoms. The third kappa shape index (κ3) is 5.07. The molecule has 2 heterocycles. The van der Waals surface area contributed by atoms with Crippen LogP contribution in [0.3, 0.4) is 0 Å². The van der Waals surface area contributed by atoms with Crippen molar-refractivity contribution in [1.29, 1.82) is 0 Å². The molecule has 1 N–H and O–H groups in total. The second kappa shape index (κ2) is 10.3. The summed E-state index contributed by atoms with van der Waals surface area (Å²) in [5.74, 6) is 1.12. The lowest BCUT2D eigenvalue weighted by molar-refractivity contribution is -0.132. The van der Waals surface area contributed by atoms with Gasteiger partial charge in [-0.25, -0.2) is 0 Å². The van der Waals surface area contributed by atoms with Crippen LogP contribution < -0.4 is 19.7 Å². The van der Waals surface area contributed by atoms with Gasteiger partial charge in [-0.05, 0) is 72.4 Å². The predicted octanol–water partition coefficient (Wildman–Crippen LogP) is 4.08. The van der Waals surface area contributed by atoms with Gasteiger partial charge in [0.05, 0.1) is 12.8 Å². The van der Waals surface area contributed by atoms with Gasteiger partial charge in [0.25, 0.3) is 11.8 Å². The Hall–Kier alpha value is -3.39. The third-order valence-electron chi connectivity index (χ3n) is 6.00. The molecular formula is C26H29N3O4S. The number of benzene rings is 2. The van der Waals surface area contributed by atoms with E-state index in [0.29, 0.717) is 28.2 Å². The first-order valence-electron chi connectivity index (χ1n) is 11.4. The van der Waals surface area contributed by atoms with Gasteiger partial charge in [-0.15, -0.1) is 0 Å². The molecule has 2 aromatic rings. The van der Waals surface area contributed by atoms with Crippen LogP contribution in [-0.2, 0) is 9.59 Å². The van der Waals surface area contributed by atoms with E-state index >= 15 is 0 Å². The lowest BCUT2D eigenvalue weighted by atomic mass is 10.0. The van der Waals surface area contributed by atoms with Crippen LogP contribution in [0, 0.1) is 0 Å². The van der Waals surface area contributed by atoms with Gasteiger partial charge in [0.2, 0.25) is 0 Å². The van der Waals surface area contributed by atoms with Crippen molar-refractivity contribution in [2.45, 2.75) is 32.6 Å². The summed E-state index contributed by atoms with van der Waals surface area (Å²) in [7, 11) is 1.54. The Morgan fingerprint density at radius 2 is 1.82 bits per heavy atom. The number of rotatable bonds is 7. The number of methoxy groups -OCH3 is 1. The van der Waals surface area contributed by atoms with Gasteiger partial charge in [0.15, 0.2) is 23.2 Å². The van der Waals surface area contributed by atoms with E-state index in [0.717, 1.165) is 37.2 Å². The number of likely N-dealkylation sites (tertiary alicyclic amines) is 1. The number of carbonyl (C=O) groups excluding carboxylic acids is 2. The normalized spacial score (nSPS) is 17.0. The van der Waals surface area contributed by atoms with Crippen molar-refractivity contribution < 1.29 is 19.1 Å². The molecule has 0 spiro atoms. The SMILES string of the molecule is COc1cc(/C=C2\NC(=S)N(c3ccc(C(C)C)cc3)C2=O)ccc1OCC(=O)N1CCCC1. The molecule has 4 rings (SSSR count). The molecule has 0 atom stereocenters. The number of hydrogen-bond donors (Lipinski definition) is 1. The van der Waals surface area contributed by atoms with E-state index in [9.17, 15) is 9.59 Å². The second-order valence-corrected chi connectivity index (χ2v) is 9.05. The maximum atomic E-state index is 13.1. The van der Waals surface area contributed by atoms with Gasteiger partial charge in [-0.1, -0.05) is 32.0 Å². The standard InChI is InChI=1S/C26H29N3O4S/c1-17(2)19-7-9-20(10-8-19)29-25(31)21(27-26(29)34)14-18-6-11-22(23(15-18)32-3)33-16-24(30)28-12-4-5-13-28/h6-11,14-15,17H,4-5,12-13,16H2,1-3H3,(H,27,34)/b21-14-. The molecule has 2 aliphatic heterocycles. The fourth-order valence-electron chi connectivity index (χ4n) is 4.04. The molecule has 0 saturated carbocycles. The predicted molar refractivity (Wildman–Crippen MR) is 136 cm³/mol. The van der Waals surface area contributed by atoms with Crippen LogP contribution in [0.2, 0.25) is 0 Å². The van der Waals surface area contributed by atoms with Gasteiger partial charge >= 0.3 is 0 Å². The van der Waals surface area contributed by atoms with Crippen LogP contribution in [0.5, 0.6) is 11.5 Å². The lowest BCUT2D eigenvalue weighted by Crippen LogP contribution is -2.32. The van der Waals surface area contributed by atoms with Crippen molar-refractivity contribution in [2.75, 3.05) is 31.7 Å². The summed E-state index contributed by atoms with van der Waals surface area (Å²) in [4.78, 5) is 28.6. The average Bonchev–Trinajstić information content (AvgIpc) is 3.46. The van der Waals surface area contributed by atoms with Crippen molar-refractivity contribution in [2.24, 2.45) is 0 Å². The van der Waals surface area contributed by atoms with Crippen molar-refractivity contribution in [3.05, 3.63) is 59.3 Å². The van der Waals surface area contributed by atoms with Crippen LogP contribution in [0.4, 0.5) is 5.69 Å². The second-order valence-electron chi connectivity index (χ2n) is 8.66. The molecule has 2 fully saturated rings. The Morgan fingerprint density at radius 1 is 1.12 bits per heavy atom. The van der Waals surface area contributed by atoms with E-state index in [2.05, 4.69) is 19.2 Å². The molecule has 0 aliphatic carbocycles. The van der Waals surface area contributed by atoms with Crippen molar-refractivity contribution in [3.8, 4) is 11.5 Å². The summed E-state index contributed by atoms with van der Waals surface area (Å²) < 4.78 is 11.2. The molecule has 2 amide bonds. The number of thiocarbonyl (C=S) groups is 1. The molecule has 2 aliphatic rings. The van der Waals surface area contributed by atoms with Gasteiger partial charge in [-0.2, -0.15) is 0 Å². The smallest absolute Gasteiger partial charge is 0.281 e. The van der Waals surface area contributed by atoms with Gasteiger partial charge < -0.3 is 19.7 Å². The molecule has 7 nitrogen and oxygen atoms in total. The molecule has 178 valence electrons. The number of carbonyl (C=O) groups is 2. The van der Waals surface area contributed by atoms with Gasteiger partial charge in [-0.3, -0.25) is 14.5 Å². The highest BCUT2D eigenvalue weighted by Crippen LogP contribution is 2.30. The van der Waals surface area contributed by atoms with Gasteiger partial charge in [0, 0.05) is 13.1 Å². The zero-order chi connectivity index (χ0) is 24.2. The number of nitrogens with one attached hydrogen (secondary N) is 1. The maximum absolute atomic E-state index is 13.1. The molecule has 2 saturated heterocycles. The first-order chi connectivity index (χ1) is 16.4. The summed E-state index contributed by atoms with van der Waals surface area (Å²) in [5, 5.41) is 3.34.